The molecule has 0 radical (unpaired) electrons. The largest absolute Gasteiger partial charge is 0.480 e. The summed E-state index contributed by atoms with van der Waals surface area (Å²) in [7, 11) is 0. The summed E-state index contributed by atoms with van der Waals surface area (Å²) in [6.45, 7) is 0.552. The zero-order valence-corrected chi connectivity index (χ0v) is 12.6. The highest BCUT2D eigenvalue weighted by Crippen LogP contribution is 2.42. The second-order valence-corrected chi connectivity index (χ2v) is 6.49. The summed E-state index contributed by atoms with van der Waals surface area (Å²) in [6, 6.07) is 6.70. The van der Waals surface area contributed by atoms with E-state index in [4.69, 9.17) is 4.52 Å². The summed E-state index contributed by atoms with van der Waals surface area (Å²) >= 11 is 0. The average Bonchev–Trinajstić information content (AvgIpc) is 3.20. The van der Waals surface area contributed by atoms with Gasteiger partial charge in [-0.05, 0) is 36.8 Å². The fourth-order valence-electron chi connectivity index (χ4n) is 4.19. The molecular formula is C17H18N2O4. The van der Waals surface area contributed by atoms with Crippen molar-refractivity contribution in [1.82, 2.24) is 10.1 Å². The Balaban J connectivity index is 1.58. The lowest BCUT2D eigenvalue weighted by molar-refractivity contribution is -0.149. The summed E-state index contributed by atoms with van der Waals surface area (Å²) in [5.41, 5.74) is 1.22. The van der Waals surface area contributed by atoms with Crippen LogP contribution < -0.4 is 0 Å². The maximum Gasteiger partial charge on any atom is 0.326 e. The van der Waals surface area contributed by atoms with Crippen LogP contribution in [-0.2, 0) is 16.0 Å². The van der Waals surface area contributed by atoms with Gasteiger partial charge in [-0.1, -0.05) is 23.7 Å². The van der Waals surface area contributed by atoms with Crippen LogP contribution in [0.15, 0.2) is 28.8 Å². The van der Waals surface area contributed by atoms with Crippen LogP contribution in [0.5, 0.6) is 0 Å². The molecule has 2 fully saturated rings. The van der Waals surface area contributed by atoms with Crippen LogP contribution >= 0.6 is 0 Å². The Bertz CT molecular complexity index is 769. The van der Waals surface area contributed by atoms with Crippen LogP contribution in [0.1, 0.15) is 25.0 Å². The number of hydrogen-bond donors (Lipinski definition) is 1. The smallest absolute Gasteiger partial charge is 0.326 e. The van der Waals surface area contributed by atoms with E-state index < -0.39 is 12.0 Å². The van der Waals surface area contributed by atoms with E-state index >= 15 is 0 Å². The molecule has 1 saturated carbocycles. The molecule has 1 N–H and O–H groups in total. The lowest BCUT2D eigenvalue weighted by Crippen LogP contribution is -2.44. The van der Waals surface area contributed by atoms with E-state index in [0.29, 0.717) is 23.7 Å². The highest BCUT2D eigenvalue weighted by atomic mass is 16.5. The van der Waals surface area contributed by atoms with Gasteiger partial charge in [0.05, 0.1) is 6.42 Å². The fourth-order valence-corrected chi connectivity index (χ4v) is 4.19. The molecule has 1 aromatic carbocycles. The van der Waals surface area contributed by atoms with Gasteiger partial charge >= 0.3 is 5.97 Å². The quantitative estimate of drug-likeness (QED) is 0.937. The Kier molecular flexibility index (Phi) is 3.32. The van der Waals surface area contributed by atoms with Crippen molar-refractivity contribution in [3.8, 4) is 0 Å². The number of fused-ring (bicyclic) bond motifs is 2. The molecule has 1 aliphatic heterocycles. The number of carboxylic acids is 1. The average molecular weight is 314 g/mol. The van der Waals surface area contributed by atoms with E-state index in [2.05, 4.69) is 5.16 Å². The molecule has 4 rings (SSSR count). The minimum absolute atomic E-state index is 0.0836. The number of hydrogen-bond acceptors (Lipinski definition) is 4. The molecule has 0 spiro atoms. The Morgan fingerprint density at radius 3 is 2.96 bits per heavy atom. The summed E-state index contributed by atoms with van der Waals surface area (Å²) in [4.78, 5) is 25.9. The predicted octanol–water partition coefficient (Wildman–Crippen LogP) is 2.08. The van der Waals surface area contributed by atoms with E-state index in [9.17, 15) is 14.7 Å². The van der Waals surface area contributed by atoms with E-state index in [-0.39, 0.29) is 18.2 Å². The first-order chi connectivity index (χ1) is 11.1. The van der Waals surface area contributed by atoms with Gasteiger partial charge in [0.15, 0.2) is 5.58 Å². The predicted molar refractivity (Wildman–Crippen MR) is 81.7 cm³/mol. The lowest BCUT2D eigenvalue weighted by Gasteiger charge is -2.24. The number of aromatic nitrogens is 1. The number of carboxylic acid groups (broad SMARTS) is 1. The molecule has 1 aromatic heterocycles. The topological polar surface area (TPSA) is 83.6 Å². The normalized spacial score (nSPS) is 26.6. The zero-order chi connectivity index (χ0) is 16.0. The molecule has 2 aromatic rings. The molecule has 6 heteroatoms. The number of carbonyl (C=O) groups is 2. The number of nitrogens with zero attached hydrogens (tertiary/aromatic N) is 2. The van der Waals surface area contributed by atoms with Gasteiger partial charge in [-0.25, -0.2) is 4.79 Å². The van der Waals surface area contributed by atoms with E-state index in [1.807, 2.05) is 18.2 Å². The van der Waals surface area contributed by atoms with Crippen molar-refractivity contribution in [1.29, 1.82) is 0 Å². The Labute approximate surface area is 133 Å². The summed E-state index contributed by atoms with van der Waals surface area (Å²) in [5.74, 6) is -0.636. The van der Waals surface area contributed by atoms with Crippen LogP contribution in [0.3, 0.4) is 0 Å². The van der Waals surface area contributed by atoms with Crippen LogP contribution in [0, 0.1) is 11.8 Å². The second kappa shape index (κ2) is 5.37. The van der Waals surface area contributed by atoms with Crippen molar-refractivity contribution in [2.75, 3.05) is 6.54 Å². The first-order valence-electron chi connectivity index (χ1n) is 8.00. The number of rotatable bonds is 3. The monoisotopic (exact) mass is 314 g/mol. The maximum absolute atomic E-state index is 12.7. The molecule has 6 nitrogen and oxygen atoms in total. The summed E-state index contributed by atoms with van der Waals surface area (Å²) in [6.07, 6.45) is 3.07. The Hall–Kier alpha value is -2.37. The molecule has 2 aliphatic rings. The van der Waals surface area contributed by atoms with Crippen molar-refractivity contribution >= 4 is 22.8 Å². The van der Waals surface area contributed by atoms with Crippen molar-refractivity contribution in [3.63, 3.8) is 0 Å². The van der Waals surface area contributed by atoms with Gasteiger partial charge in [-0.3, -0.25) is 4.79 Å². The van der Waals surface area contributed by atoms with Crippen molar-refractivity contribution < 1.29 is 19.2 Å². The highest BCUT2D eigenvalue weighted by Gasteiger charge is 2.49. The van der Waals surface area contributed by atoms with Gasteiger partial charge in [0.1, 0.15) is 11.7 Å². The molecule has 1 amide bonds. The first kappa shape index (κ1) is 14.2. The second-order valence-electron chi connectivity index (χ2n) is 6.49. The maximum atomic E-state index is 12.7. The van der Waals surface area contributed by atoms with Crippen LogP contribution in [-0.4, -0.2) is 39.6 Å². The third kappa shape index (κ3) is 2.29. The minimum atomic E-state index is -0.891. The van der Waals surface area contributed by atoms with E-state index in [0.717, 1.165) is 24.6 Å². The van der Waals surface area contributed by atoms with Gasteiger partial charge in [-0.2, -0.15) is 0 Å². The van der Waals surface area contributed by atoms with Gasteiger partial charge < -0.3 is 14.5 Å². The van der Waals surface area contributed by atoms with Gasteiger partial charge in [0.2, 0.25) is 5.91 Å². The Morgan fingerprint density at radius 2 is 2.13 bits per heavy atom. The fraction of sp³-hybridized carbons (Fsp3) is 0.471. The minimum Gasteiger partial charge on any atom is -0.480 e. The van der Waals surface area contributed by atoms with Crippen LogP contribution in [0.2, 0.25) is 0 Å². The SMILES string of the molecule is O=C(O)C1C2CCCC2CN1C(=O)Cc1noc2ccccc12. The number of carbonyl (C=O) groups excluding carboxylic acids is 1. The third-order valence-corrected chi connectivity index (χ3v) is 5.23. The molecule has 3 unspecified atom stereocenters. The van der Waals surface area contributed by atoms with Crippen LogP contribution in [0.25, 0.3) is 11.0 Å². The van der Waals surface area contributed by atoms with Crippen molar-refractivity contribution in [3.05, 3.63) is 30.0 Å². The number of benzene rings is 1. The third-order valence-electron chi connectivity index (χ3n) is 5.23. The van der Waals surface area contributed by atoms with Gasteiger partial charge in [-0.15, -0.1) is 0 Å². The molecular weight excluding hydrogens is 296 g/mol. The summed E-state index contributed by atoms with van der Waals surface area (Å²) in [5, 5.41) is 14.3. The highest BCUT2D eigenvalue weighted by molar-refractivity contribution is 5.89. The van der Waals surface area contributed by atoms with Crippen molar-refractivity contribution in [2.45, 2.75) is 31.7 Å². The molecule has 3 atom stereocenters. The molecule has 2 heterocycles. The zero-order valence-electron chi connectivity index (χ0n) is 12.6. The number of aliphatic carboxylic acids is 1. The van der Waals surface area contributed by atoms with Crippen molar-refractivity contribution in [2.24, 2.45) is 11.8 Å². The van der Waals surface area contributed by atoms with E-state index in [1.165, 1.54) is 0 Å². The standard InChI is InChI=1S/C17H18N2O4/c20-15(8-13-12-5-1-2-7-14(12)23-18-13)19-9-10-4-3-6-11(10)16(19)17(21)22/h1-2,5,7,10-11,16H,3-4,6,8-9H2,(H,21,22). The first-order valence-corrected chi connectivity index (χ1v) is 8.00. The number of para-hydroxylation sites is 1. The molecule has 1 saturated heterocycles. The van der Waals surface area contributed by atoms with Gasteiger partial charge in [0.25, 0.3) is 0 Å². The number of amides is 1. The molecule has 120 valence electrons. The van der Waals surface area contributed by atoms with Crippen LogP contribution in [0.4, 0.5) is 0 Å². The molecule has 0 bridgehead atoms. The Morgan fingerprint density at radius 1 is 1.30 bits per heavy atom. The molecule has 1 aliphatic carbocycles. The lowest BCUT2D eigenvalue weighted by atomic mass is 9.94. The summed E-state index contributed by atoms with van der Waals surface area (Å²) < 4.78 is 5.22. The number of likely N-dealkylation sites (tertiary alicyclic amines) is 1. The van der Waals surface area contributed by atoms with E-state index in [1.54, 1.807) is 11.0 Å². The van der Waals surface area contributed by atoms with Gasteiger partial charge in [0, 0.05) is 11.9 Å². The molecule has 23 heavy (non-hydrogen) atoms.